The predicted octanol–water partition coefficient (Wildman–Crippen LogP) is 1.64. The monoisotopic (exact) mass is 346 g/mol. The Morgan fingerprint density at radius 1 is 1.36 bits per heavy atom. The number of carbonyl (C=O) groups is 1. The molecule has 1 saturated heterocycles. The van der Waals surface area contributed by atoms with Crippen LogP contribution in [-0.4, -0.2) is 54.1 Å². The highest BCUT2D eigenvalue weighted by molar-refractivity contribution is 5.78. The summed E-state index contributed by atoms with van der Waals surface area (Å²) in [6, 6.07) is 5.56. The smallest absolute Gasteiger partial charge is 0.260 e. The highest BCUT2D eigenvalue weighted by Crippen LogP contribution is 2.25. The first-order valence-electron chi connectivity index (χ1n) is 7.94. The number of aromatic nitrogens is 2. The number of morpholine rings is 1. The molecule has 0 saturated carbocycles. The second kappa shape index (κ2) is 7.89. The summed E-state index contributed by atoms with van der Waals surface area (Å²) in [6.07, 6.45) is 2.84. The Bertz CT molecular complexity index is 726. The quantitative estimate of drug-likeness (QED) is 0.887. The average Bonchev–Trinajstić information content (AvgIpc) is 2.67. The van der Waals surface area contributed by atoms with Crippen LogP contribution in [0.3, 0.4) is 0 Å². The van der Waals surface area contributed by atoms with Crippen LogP contribution in [0, 0.1) is 5.82 Å². The van der Waals surface area contributed by atoms with Gasteiger partial charge in [0.25, 0.3) is 5.91 Å². The minimum absolute atomic E-state index is 0.113. The number of nitrogens with one attached hydrogen (secondary N) is 1. The van der Waals surface area contributed by atoms with E-state index in [1.165, 1.54) is 24.3 Å². The third-order valence-corrected chi connectivity index (χ3v) is 3.86. The van der Waals surface area contributed by atoms with Gasteiger partial charge in [-0.25, -0.2) is 9.37 Å². The van der Waals surface area contributed by atoms with Crippen LogP contribution >= 0.6 is 0 Å². The zero-order valence-corrected chi connectivity index (χ0v) is 13.8. The van der Waals surface area contributed by atoms with E-state index in [4.69, 9.17) is 9.47 Å². The van der Waals surface area contributed by atoms with E-state index in [0.717, 1.165) is 0 Å². The minimum Gasteiger partial charge on any atom is -0.484 e. The molecule has 132 valence electrons. The second-order valence-electron chi connectivity index (χ2n) is 5.48. The summed E-state index contributed by atoms with van der Waals surface area (Å²) >= 11 is 0. The molecule has 1 fully saturated rings. The third-order valence-electron chi connectivity index (χ3n) is 3.86. The number of hydrogen-bond acceptors (Lipinski definition) is 6. The Morgan fingerprint density at radius 3 is 2.88 bits per heavy atom. The molecule has 0 aliphatic carbocycles. The van der Waals surface area contributed by atoms with Crippen molar-refractivity contribution in [3.8, 4) is 5.75 Å². The Balaban J connectivity index is 1.60. The first-order chi connectivity index (χ1) is 12.2. The Morgan fingerprint density at radius 2 is 2.12 bits per heavy atom. The molecule has 1 atom stereocenters. The van der Waals surface area contributed by atoms with Gasteiger partial charge in [0.15, 0.2) is 6.61 Å². The van der Waals surface area contributed by atoms with E-state index < -0.39 is 0 Å². The fourth-order valence-electron chi connectivity index (χ4n) is 2.59. The Kier molecular flexibility index (Phi) is 5.39. The predicted molar refractivity (Wildman–Crippen MR) is 88.7 cm³/mol. The van der Waals surface area contributed by atoms with Crippen LogP contribution in [0.25, 0.3) is 0 Å². The van der Waals surface area contributed by atoms with Gasteiger partial charge in [-0.1, -0.05) is 0 Å². The lowest BCUT2D eigenvalue weighted by Crippen LogP contribution is -2.44. The van der Waals surface area contributed by atoms with Crippen molar-refractivity contribution in [3.05, 3.63) is 48.2 Å². The second-order valence-corrected chi connectivity index (χ2v) is 5.48. The van der Waals surface area contributed by atoms with E-state index in [1.807, 2.05) is 0 Å². The van der Waals surface area contributed by atoms with E-state index in [-0.39, 0.29) is 24.4 Å². The summed E-state index contributed by atoms with van der Waals surface area (Å²) in [4.78, 5) is 22.6. The van der Waals surface area contributed by atoms with Gasteiger partial charge in [-0.3, -0.25) is 9.78 Å². The highest BCUT2D eigenvalue weighted by Gasteiger charge is 2.28. The fraction of sp³-hybridized carbons (Fsp3) is 0.353. The van der Waals surface area contributed by atoms with Crippen LogP contribution < -0.4 is 10.1 Å². The number of anilines is 1. The third kappa shape index (κ3) is 4.21. The largest absolute Gasteiger partial charge is 0.484 e. The molecule has 0 spiro atoms. The number of nitrogens with zero attached hydrogens (tertiary/aromatic N) is 3. The zero-order valence-electron chi connectivity index (χ0n) is 13.8. The summed E-state index contributed by atoms with van der Waals surface area (Å²) in [5, 5.41) is 2.98. The van der Waals surface area contributed by atoms with Crippen molar-refractivity contribution in [2.45, 2.75) is 6.10 Å². The van der Waals surface area contributed by atoms with Crippen molar-refractivity contribution >= 4 is 11.7 Å². The molecule has 1 aliphatic rings. The number of amides is 1. The lowest BCUT2D eigenvalue weighted by molar-refractivity contribution is -0.141. The number of benzene rings is 1. The van der Waals surface area contributed by atoms with Gasteiger partial charge in [-0.15, -0.1) is 0 Å². The van der Waals surface area contributed by atoms with Gasteiger partial charge in [-0.05, 0) is 24.3 Å². The molecule has 7 nitrogen and oxygen atoms in total. The van der Waals surface area contributed by atoms with E-state index in [0.29, 0.717) is 37.0 Å². The SMILES string of the molecule is CNc1nccnc1[C@@H]1CN(C(=O)COc2ccc(F)cc2)CCO1. The molecular weight excluding hydrogens is 327 g/mol. The molecular formula is C17H19FN4O3. The fourth-order valence-corrected chi connectivity index (χ4v) is 2.59. The van der Waals surface area contributed by atoms with Crippen molar-refractivity contribution < 1.29 is 18.7 Å². The summed E-state index contributed by atoms with van der Waals surface area (Å²) < 4.78 is 24.0. The Labute approximate surface area is 144 Å². The van der Waals surface area contributed by atoms with E-state index in [9.17, 15) is 9.18 Å². The number of halogens is 1. The lowest BCUT2D eigenvalue weighted by atomic mass is 10.2. The molecule has 2 aromatic rings. The normalized spacial score (nSPS) is 17.2. The number of ether oxygens (including phenoxy) is 2. The van der Waals surface area contributed by atoms with Crippen molar-refractivity contribution in [2.75, 3.05) is 38.7 Å². The molecule has 1 aromatic carbocycles. The number of carbonyl (C=O) groups excluding carboxylic acids is 1. The molecule has 1 aliphatic heterocycles. The van der Waals surface area contributed by atoms with Crippen LogP contribution in [-0.2, 0) is 9.53 Å². The van der Waals surface area contributed by atoms with Gasteiger partial charge in [0.2, 0.25) is 0 Å². The molecule has 0 unspecified atom stereocenters. The first-order valence-corrected chi connectivity index (χ1v) is 7.94. The maximum atomic E-state index is 12.9. The standard InChI is InChI=1S/C17H19FN4O3/c1-19-17-16(20-6-7-21-17)14-10-22(8-9-24-14)15(23)11-25-13-4-2-12(18)3-5-13/h2-7,14H,8-11H2,1H3,(H,19,21)/t14-/m0/s1. The number of hydrogen-bond donors (Lipinski definition) is 1. The topological polar surface area (TPSA) is 76.6 Å². The maximum absolute atomic E-state index is 12.9. The van der Waals surface area contributed by atoms with Gasteiger partial charge in [0.1, 0.15) is 29.2 Å². The van der Waals surface area contributed by atoms with Gasteiger partial charge in [0.05, 0.1) is 13.2 Å². The van der Waals surface area contributed by atoms with Crippen molar-refractivity contribution in [2.24, 2.45) is 0 Å². The van der Waals surface area contributed by atoms with Gasteiger partial charge in [-0.2, -0.15) is 0 Å². The molecule has 2 heterocycles. The molecule has 8 heteroatoms. The van der Waals surface area contributed by atoms with E-state index in [1.54, 1.807) is 24.3 Å². The molecule has 1 N–H and O–H groups in total. The molecule has 1 amide bonds. The van der Waals surface area contributed by atoms with Crippen LogP contribution in [0.2, 0.25) is 0 Å². The van der Waals surface area contributed by atoms with Gasteiger partial charge < -0.3 is 19.7 Å². The lowest BCUT2D eigenvalue weighted by Gasteiger charge is -2.33. The summed E-state index contributed by atoms with van der Waals surface area (Å²) in [6.45, 7) is 1.15. The molecule has 0 radical (unpaired) electrons. The number of rotatable bonds is 5. The molecule has 0 bridgehead atoms. The zero-order chi connectivity index (χ0) is 17.6. The maximum Gasteiger partial charge on any atom is 0.260 e. The highest BCUT2D eigenvalue weighted by atomic mass is 19.1. The van der Waals surface area contributed by atoms with Crippen LogP contribution in [0.15, 0.2) is 36.7 Å². The van der Waals surface area contributed by atoms with E-state index >= 15 is 0 Å². The minimum atomic E-state index is -0.348. The molecule has 25 heavy (non-hydrogen) atoms. The molecule has 1 aromatic heterocycles. The van der Waals surface area contributed by atoms with E-state index in [2.05, 4.69) is 15.3 Å². The van der Waals surface area contributed by atoms with Gasteiger partial charge in [0, 0.05) is 26.0 Å². The average molecular weight is 346 g/mol. The van der Waals surface area contributed by atoms with Crippen molar-refractivity contribution in [1.29, 1.82) is 0 Å². The summed E-state index contributed by atoms with van der Waals surface area (Å²) in [7, 11) is 1.76. The van der Waals surface area contributed by atoms with Crippen LogP contribution in [0.1, 0.15) is 11.8 Å². The summed E-state index contributed by atoms with van der Waals surface area (Å²) in [5.74, 6) is 0.571. The van der Waals surface area contributed by atoms with Crippen molar-refractivity contribution in [1.82, 2.24) is 14.9 Å². The van der Waals surface area contributed by atoms with Gasteiger partial charge >= 0.3 is 0 Å². The first kappa shape index (κ1) is 17.1. The van der Waals surface area contributed by atoms with Crippen LogP contribution in [0.5, 0.6) is 5.75 Å². The van der Waals surface area contributed by atoms with Crippen molar-refractivity contribution in [3.63, 3.8) is 0 Å². The van der Waals surface area contributed by atoms with Crippen LogP contribution in [0.4, 0.5) is 10.2 Å². The summed E-state index contributed by atoms with van der Waals surface area (Å²) in [5.41, 5.74) is 0.668. The molecule has 3 rings (SSSR count). The Hall–Kier alpha value is -2.74.